The molecular weight excluding hydrogens is 230 g/mol. The Morgan fingerprint density at radius 2 is 1.16 bits per heavy atom. The highest BCUT2D eigenvalue weighted by molar-refractivity contribution is 5.68. The summed E-state index contributed by atoms with van der Waals surface area (Å²) in [6, 6.07) is 17.6. The summed E-state index contributed by atoms with van der Waals surface area (Å²) in [5, 5.41) is 0. The molecule has 1 heteroatoms. The van der Waals surface area contributed by atoms with Gasteiger partial charge in [0.2, 0.25) is 0 Å². The van der Waals surface area contributed by atoms with Crippen LogP contribution in [0.1, 0.15) is 30.4 Å². The van der Waals surface area contributed by atoms with Gasteiger partial charge in [0.15, 0.2) is 0 Å². The highest BCUT2D eigenvalue weighted by Gasteiger charge is 2.13. The number of benzene rings is 2. The zero-order valence-electron chi connectivity index (χ0n) is 11.6. The molecule has 0 N–H and O–H groups in total. The molecule has 0 saturated heterocycles. The molecule has 0 atom stereocenters. The van der Waals surface area contributed by atoms with Crippen molar-refractivity contribution in [1.29, 1.82) is 0 Å². The molecule has 1 aliphatic rings. The maximum absolute atomic E-state index is 2.36. The monoisotopic (exact) mass is 251 g/mol. The molecular formula is C18H21N. The lowest BCUT2D eigenvalue weighted by Crippen LogP contribution is -2.14. The molecule has 98 valence electrons. The van der Waals surface area contributed by atoms with E-state index in [1.807, 2.05) is 0 Å². The summed E-state index contributed by atoms with van der Waals surface area (Å²) in [4.78, 5) is 2.36. The second kappa shape index (κ2) is 5.48. The van der Waals surface area contributed by atoms with Crippen LogP contribution in [0.3, 0.4) is 0 Å². The fraction of sp³-hybridized carbons (Fsp3) is 0.333. The van der Waals surface area contributed by atoms with E-state index in [0.29, 0.717) is 0 Å². The molecule has 0 spiro atoms. The van der Waals surface area contributed by atoms with E-state index in [-0.39, 0.29) is 0 Å². The van der Waals surface area contributed by atoms with Gasteiger partial charge in [-0.1, -0.05) is 42.8 Å². The van der Waals surface area contributed by atoms with Gasteiger partial charge in [-0.15, -0.1) is 0 Å². The minimum absolute atomic E-state index is 1.20. The van der Waals surface area contributed by atoms with Crippen molar-refractivity contribution < 1.29 is 0 Å². The van der Waals surface area contributed by atoms with E-state index in [9.17, 15) is 0 Å². The largest absolute Gasteiger partial charge is 0.344 e. The van der Waals surface area contributed by atoms with Crippen molar-refractivity contribution in [1.82, 2.24) is 0 Å². The van der Waals surface area contributed by atoms with Crippen molar-refractivity contribution in [2.75, 3.05) is 11.9 Å². The maximum Gasteiger partial charge on any atom is 0.0440 e. The van der Waals surface area contributed by atoms with Gasteiger partial charge in [-0.05, 0) is 48.9 Å². The topological polar surface area (TPSA) is 3.24 Å². The Balaban J connectivity index is 2.09. The minimum Gasteiger partial charge on any atom is -0.344 e. The van der Waals surface area contributed by atoms with Crippen LogP contribution in [-0.2, 0) is 12.8 Å². The van der Waals surface area contributed by atoms with Crippen LogP contribution in [-0.4, -0.2) is 7.05 Å². The second-order valence-electron chi connectivity index (χ2n) is 5.38. The van der Waals surface area contributed by atoms with Crippen molar-refractivity contribution in [3.05, 3.63) is 59.7 Å². The molecule has 2 aromatic rings. The maximum atomic E-state index is 2.36. The Kier molecular flexibility index (Phi) is 3.54. The molecule has 0 amide bonds. The molecule has 1 heterocycles. The summed E-state index contributed by atoms with van der Waals surface area (Å²) < 4.78 is 0. The fourth-order valence-corrected chi connectivity index (χ4v) is 3.04. The Bertz CT molecular complexity index is 510. The standard InChI is InChI=1S/C18H21N/c1-19-17-13-7-5-11-15(17)9-3-2-4-10-16-12-6-8-14-18(16)19/h5-8,11-14H,2-4,9-10H2,1H3. The normalized spacial score (nSPS) is 15.5. The zero-order chi connectivity index (χ0) is 13.1. The van der Waals surface area contributed by atoms with Gasteiger partial charge in [0.1, 0.15) is 0 Å². The lowest BCUT2D eigenvalue weighted by atomic mass is 9.98. The fourth-order valence-electron chi connectivity index (χ4n) is 3.04. The SMILES string of the molecule is CN1c2ccccc2CCCCCc2ccccc21. The van der Waals surface area contributed by atoms with Crippen molar-refractivity contribution in [3.8, 4) is 0 Å². The van der Waals surface area contributed by atoms with Crippen molar-refractivity contribution in [2.45, 2.75) is 32.1 Å². The molecule has 2 aromatic carbocycles. The molecule has 0 fully saturated rings. The van der Waals surface area contributed by atoms with E-state index < -0.39 is 0 Å². The molecule has 0 aromatic heterocycles. The summed E-state index contributed by atoms with van der Waals surface area (Å²) >= 11 is 0. The van der Waals surface area contributed by atoms with Gasteiger partial charge in [-0.25, -0.2) is 0 Å². The molecule has 0 unspecified atom stereocenters. The predicted molar refractivity (Wildman–Crippen MR) is 82.2 cm³/mol. The van der Waals surface area contributed by atoms with Crippen LogP contribution in [0.4, 0.5) is 11.4 Å². The van der Waals surface area contributed by atoms with Crippen molar-refractivity contribution in [3.63, 3.8) is 0 Å². The second-order valence-corrected chi connectivity index (χ2v) is 5.38. The van der Waals surface area contributed by atoms with Gasteiger partial charge in [0, 0.05) is 18.4 Å². The number of aryl methyl sites for hydroxylation is 2. The van der Waals surface area contributed by atoms with E-state index in [2.05, 4.69) is 60.5 Å². The van der Waals surface area contributed by atoms with Gasteiger partial charge in [-0.3, -0.25) is 0 Å². The van der Waals surface area contributed by atoms with Crippen LogP contribution in [0.5, 0.6) is 0 Å². The Morgan fingerprint density at radius 3 is 1.68 bits per heavy atom. The highest BCUT2D eigenvalue weighted by atomic mass is 15.1. The van der Waals surface area contributed by atoms with Gasteiger partial charge in [-0.2, -0.15) is 0 Å². The number of rotatable bonds is 0. The van der Waals surface area contributed by atoms with E-state index in [4.69, 9.17) is 0 Å². The lowest BCUT2D eigenvalue weighted by molar-refractivity contribution is 0.675. The molecule has 0 aliphatic carbocycles. The number of nitrogens with zero attached hydrogens (tertiary/aromatic N) is 1. The first-order chi connectivity index (χ1) is 9.36. The van der Waals surface area contributed by atoms with Crippen LogP contribution in [0.2, 0.25) is 0 Å². The van der Waals surface area contributed by atoms with Crippen LogP contribution in [0.15, 0.2) is 48.5 Å². The molecule has 0 radical (unpaired) electrons. The average molecular weight is 251 g/mol. The van der Waals surface area contributed by atoms with Crippen LogP contribution >= 0.6 is 0 Å². The summed E-state index contributed by atoms with van der Waals surface area (Å²) in [5.41, 5.74) is 5.66. The van der Waals surface area contributed by atoms with E-state index in [0.717, 1.165) is 0 Å². The number of anilines is 2. The van der Waals surface area contributed by atoms with Crippen LogP contribution in [0.25, 0.3) is 0 Å². The Hall–Kier alpha value is -1.76. The molecule has 0 saturated carbocycles. The predicted octanol–water partition coefficient (Wildman–Crippen LogP) is 4.72. The third kappa shape index (κ3) is 2.51. The van der Waals surface area contributed by atoms with Crippen molar-refractivity contribution in [2.24, 2.45) is 0 Å². The third-order valence-corrected chi connectivity index (χ3v) is 4.10. The Morgan fingerprint density at radius 1 is 0.684 bits per heavy atom. The summed E-state index contributed by atoms with van der Waals surface area (Å²) in [7, 11) is 2.19. The molecule has 3 rings (SSSR count). The van der Waals surface area contributed by atoms with Crippen molar-refractivity contribution >= 4 is 11.4 Å². The summed E-state index contributed by atoms with van der Waals surface area (Å²) in [6.07, 6.45) is 6.32. The quantitative estimate of drug-likeness (QED) is 0.654. The van der Waals surface area contributed by atoms with E-state index in [1.54, 1.807) is 0 Å². The zero-order valence-corrected chi connectivity index (χ0v) is 11.6. The third-order valence-electron chi connectivity index (χ3n) is 4.10. The first-order valence-corrected chi connectivity index (χ1v) is 7.26. The first-order valence-electron chi connectivity index (χ1n) is 7.26. The molecule has 1 aliphatic heterocycles. The average Bonchev–Trinajstić information content (AvgIpc) is 2.47. The Labute approximate surface area is 115 Å². The number of fused-ring (bicyclic) bond motifs is 2. The number of para-hydroxylation sites is 2. The number of hydrogen-bond donors (Lipinski definition) is 0. The van der Waals surface area contributed by atoms with Gasteiger partial charge < -0.3 is 4.90 Å². The minimum atomic E-state index is 1.20. The van der Waals surface area contributed by atoms with E-state index in [1.165, 1.54) is 54.6 Å². The van der Waals surface area contributed by atoms with Crippen LogP contribution < -0.4 is 4.90 Å². The lowest BCUT2D eigenvalue weighted by Gasteiger charge is -2.26. The van der Waals surface area contributed by atoms with E-state index >= 15 is 0 Å². The van der Waals surface area contributed by atoms with Gasteiger partial charge in [0.25, 0.3) is 0 Å². The molecule has 1 nitrogen and oxygen atoms in total. The van der Waals surface area contributed by atoms with Gasteiger partial charge >= 0.3 is 0 Å². The summed E-state index contributed by atoms with van der Waals surface area (Å²) in [6.45, 7) is 0. The molecule has 19 heavy (non-hydrogen) atoms. The number of hydrogen-bond acceptors (Lipinski definition) is 1. The molecule has 0 bridgehead atoms. The van der Waals surface area contributed by atoms with Crippen LogP contribution in [0, 0.1) is 0 Å². The summed E-state index contributed by atoms with van der Waals surface area (Å²) in [5.74, 6) is 0. The highest BCUT2D eigenvalue weighted by Crippen LogP contribution is 2.32. The van der Waals surface area contributed by atoms with Gasteiger partial charge in [0.05, 0.1) is 0 Å². The first kappa shape index (κ1) is 12.3. The smallest absolute Gasteiger partial charge is 0.0440 e.